The minimum atomic E-state index is -5.79. The maximum Gasteiger partial charge on any atom is 0.458 e. The van der Waals surface area contributed by atoms with Crippen LogP contribution in [0.25, 0.3) is 0 Å². The van der Waals surface area contributed by atoms with Crippen LogP contribution in [0, 0.1) is 0 Å². The average molecular weight is 276 g/mol. The second-order valence-electron chi connectivity index (χ2n) is 2.89. The molecule has 0 saturated carbocycles. The molecule has 0 fully saturated rings. The molecule has 3 nitrogen and oxygen atoms in total. The van der Waals surface area contributed by atoms with Gasteiger partial charge in [0.25, 0.3) is 0 Å². The zero-order valence-corrected chi connectivity index (χ0v) is 8.96. The maximum atomic E-state index is 12.8. The third kappa shape index (κ3) is 2.33. The molecule has 96 valence electrons. The number of carbonyl (C=O) groups is 1. The molecule has 1 aromatic heterocycles. The van der Waals surface area contributed by atoms with E-state index in [0.717, 1.165) is 7.11 Å². The number of hydrogen-bond acceptors (Lipinski definition) is 4. The van der Waals surface area contributed by atoms with Gasteiger partial charge < -0.3 is 9.84 Å². The van der Waals surface area contributed by atoms with Gasteiger partial charge in [-0.05, 0) is 0 Å². The van der Waals surface area contributed by atoms with Crippen molar-refractivity contribution in [3.8, 4) is 5.75 Å². The van der Waals surface area contributed by atoms with E-state index in [4.69, 9.17) is 5.11 Å². The highest BCUT2D eigenvalue weighted by atomic mass is 32.1. The number of hydrogen-bond donors (Lipinski definition) is 1. The third-order valence-corrected chi connectivity index (χ3v) is 2.92. The lowest BCUT2D eigenvalue weighted by Crippen LogP contribution is -2.32. The minimum Gasteiger partial charge on any atom is -0.506 e. The smallest absolute Gasteiger partial charge is 0.458 e. The highest BCUT2D eigenvalue weighted by Gasteiger charge is 2.60. The van der Waals surface area contributed by atoms with E-state index in [1.807, 2.05) is 0 Å². The summed E-state index contributed by atoms with van der Waals surface area (Å²) >= 11 is -0.169. The molecule has 0 aliphatic heterocycles. The summed E-state index contributed by atoms with van der Waals surface area (Å²) in [5.74, 6) is -7.28. The molecule has 0 radical (unpaired) electrons. The van der Waals surface area contributed by atoms with Gasteiger partial charge in [0.1, 0.15) is 5.75 Å². The zero-order chi connectivity index (χ0) is 13.4. The Hall–Kier alpha value is -1.38. The number of carbonyl (C=O) groups excluding carboxylic acids is 1. The lowest BCUT2D eigenvalue weighted by molar-refractivity contribution is -0.287. The summed E-state index contributed by atoms with van der Waals surface area (Å²) in [6.45, 7) is 0. The molecule has 1 aromatic rings. The first-order chi connectivity index (χ1) is 7.61. The van der Waals surface area contributed by atoms with E-state index < -0.39 is 33.6 Å². The molecule has 17 heavy (non-hydrogen) atoms. The minimum absolute atomic E-state index is 0.169. The van der Waals surface area contributed by atoms with Crippen molar-refractivity contribution >= 4 is 17.3 Å². The number of ether oxygens (including phenoxy) is 1. The SMILES string of the molecule is COC(=O)c1sc(C(F)(F)C(F)(F)F)cc1O. The van der Waals surface area contributed by atoms with Gasteiger partial charge in [-0.2, -0.15) is 22.0 Å². The molecule has 0 aromatic carbocycles. The normalized spacial score (nSPS) is 12.6. The molecular formula is C8H5F5O3S. The fourth-order valence-corrected chi connectivity index (χ4v) is 1.88. The van der Waals surface area contributed by atoms with Gasteiger partial charge in [-0.3, -0.25) is 0 Å². The van der Waals surface area contributed by atoms with E-state index in [1.54, 1.807) is 0 Å². The predicted octanol–water partition coefficient (Wildman–Crippen LogP) is 2.89. The Balaban J connectivity index is 3.23. The van der Waals surface area contributed by atoms with Gasteiger partial charge in [-0.1, -0.05) is 0 Å². The van der Waals surface area contributed by atoms with E-state index in [-0.39, 0.29) is 17.4 Å². The number of esters is 1. The maximum absolute atomic E-state index is 12.8. The molecule has 0 aliphatic carbocycles. The van der Waals surface area contributed by atoms with Crippen LogP contribution in [0.5, 0.6) is 5.75 Å². The first kappa shape index (κ1) is 13.7. The number of aromatic hydroxyl groups is 1. The Morgan fingerprint density at radius 2 is 1.88 bits per heavy atom. The van der Waals surface area contributed by atoms with E-state index in [0.29, 0.717) is 0 Å². The summed E-state index contributed by atoms with van der Waals surface area (Å²) in [6.07, 6.45) is -5.79. The number of alkyl halides is 5. The average Bonchev–Trinajstić information content (AvgIpc) is 2.58. The highest BCUT2D eigenvalue weighted by Crippen LogP contribution is 2.48. The molecule has 9 heteroatoms. The first-order valence-corrected chi connectivity index (χ1v) is 4.79. The number of thiophene rings is 1. The van der Waals surface area contributed by atoms with Crippen molar-refractivity contribution in [3.63, 3.8) is 0 Å². The summed E-state index contributed by atoms with van der Waals surface area (Å²) in [7, 11) is 0.906. The largest absolute Gasteiger partial charge is 0.506 e. The lowest BCUT2D eigenvalue weighted by atomic mass is 10.2. The molecule has 1 rings (SSSR count). The van der Waals surface area contributed by atoms with Crippen molar-refractivity contribution in [1.82, 2.24) is 0 Å². The highest BCUT2D eigenvalue weighted by molar-refractivity contribution is 7.14. The van der Waals surface area contributed by atoms with Crippen molar-refractivity contribution < 1.29 is 36.6 Å². The van der Waals surface area contributed by atoms with Gasteiger partial charge in [-0.25, -0.2) is 4.79 Å². The van der Waals surface area contributed by atoms with Gasteiger partial charge in [-0.15, -0.1) is 11.3 Å². The summed E-state index contributed by atoms with van der Waals surface area (Å²) < 4.78 is 65.8. The van der Waals surface area contributed by atoms with Crippen LogP contribution >= 0.6 is 11.3 Å². The topological polar surface area (TPSA) is 46.5 Å². The molecule has 1 N–H and O–H groups in total. The lowest BCUT2D eigenvalue weighted by Gasteiger charge is -2.17. The fraction of sp³-hybridized carbons (Fsp3) is 0.375. The van der Waals surface area contributed by atoms with Crippen LogP contribution in [0.4, 0.5) is 22.0 Å². The predicted molar refractivity (Wildman–Crippen MR) is 47.3 cm³/mol. The van der Waals surface area contributed by atoms with Crippen molar-refractivity contribution in [2.45, 2.75) is 12.1 Å². The zero-order valence-electron chi connectivity index (χ0n) is 8.14. The van der Waals surface area contributed by atoms with Crippen molar-refractivity contribution in [1.29, 1.82) is 0 Å². The van der Waals surface area contributed by atoms with E-state index in [9.17, 15) is 26.7 Å². The van der Waals surface area contributed by atoms with Gasteiger partial charge in [0, 0.05) is 6.07 Å². The Morgan fingerprint density at radius 1 is 1.35 bits per heavy atom. The van der Waals surface area contributed by atoms with Crippen molar-refractivity contribution in [3.05, 3.63) is 15.8 Å². The van der Waals surface area contributed by atoms with Gasteiger partial charge >= 0.3 is 18.1 Å². The molecule has 0 atom stereocenters. The molecular weight excluding hydrogens is 271 g/mol. The Kier molecular flexibility index (Phi) is 3.33. The van der Waals surface area contributed by atoms with Crippen LogP contribution in [0.1, 0.15) is 14.5 Å². The fourth-order valence-electron chi connectivity index (χ4n) is 0.915. The van der Waals surface area contributed by atoms with E-state index in [1.165, 1.54) is 0 Å². The number of rotatable bonds is 2. The molecule has 0 amide bonds. The summed E-state index contributed by atoms with van der Waals surface area (Å²) in [5.41, 5.74) is 0. The first-order valence-electron chi connectivity index (χ1n) is 3.97. The summed E-state index contributed by atoms with van der Waals surface area (Å²) in [4.78, 5) is 8.75. The standard InChI is InChI=1S/C8H5F5O3S/c1-16-6(15)5-3(14)2-4(17-5)7(9,10)8(11,12)13/h2,14H,1H3. The Bertz CT molecular complexity index is 437. The molecule has 0 spiro atoms. The van der Waals surface area contributed by atoms with Crippen molar-refractivity contribution in [2.24, 2.45) is 0 Å². The van der Waals surface area contributed by atoms with Crippen LogP contribution in [0.15, 0.2) is 6.07 Å². The quantitative estimate of drug-likeness (QED) is 0.667. The molecule has 0 unspecified atom stereocenters. The Morgan fingerprint density at radius 3 is 2.29 bits per heavy atom. The van der Waals surface area contributed by atoms with Gasteiger partial charge in [0.2, 0.25) is 0 Å². The molecule has 0 aliphatic rings. The molecule has 1 heterocycles. The number of halogens is 5. The Labute approximate surface area is 95.4 Å². The summed E-state index contributed by atoms with van der Waals surface area (Å²) in [6, 6.07) is 0.199. The second-order valence-corrected chi connectivity index (χ2v) is 3.94. The monoisotopic (exact) mass is 276 g/mol. The third-order valence-electron chi connectivity index (χ3n) is 1.75. The van der Waals surface area contributed by atoms with Crippen molar-refractivity contribution in [2.75, 3.05) is 7.11 Å². The van der Waals surface area contributed by atoms with Crippen LogP contribution in [0.3, 0.4) is 0 Å². The van der Waals surface area contributed by atoms with Gasteiger partial charge in [0.15, 0.2) is 4.88 Å². The molecule has 0 saturated heterocycles. The van der Waals surface area contributed by atoms with E-state index >= 15 is 0 Å². The van der Waals surface area contributed by atoms with Crippen LogP contribution in [-0.2, 0) is 10.7 Å². The van der Waals surface area contributed by atoms with Crippen LogP contribution in [-0.4, -0.2) is 24.4 Å². The summed E-state index contributed by atoms with van der Waals surface area (Å²) in [5, 5.41) is 9.07. The second kappa shape index (κ2) is 4.13. The van der Waals surface area contributed by atoms with Crippen LogP contribution < -0.4 is 0 Å². The molecule has 0 bridgehead atoms. The number of methoxy groups -OCH3 is 1. The van der Waals surface area contributed by atoms with Gasteiger partial charge in [0.05, 0.1) is 12.0 Å². The van der Waals surface area contributed by atoms with Crippen LogP contribution in [0.2, 0.25) is 0 Å². The van der Waals surface area contributed by atoms with E-state index in [2.05, 4.69) is 4.74 Å².